The fourth-order valence-corrected chi connectivity index (χ4v) is 4.05. The van der Waals surface area contributed by atoms with E-state index >= 15 is 0 Å². The SMILES string of the molecule is COC(=O)C1=C(C(F)(F)F)OC2=C(C(=C=O)CC(C)(C)C2)C1c1cccc(Cl)c1. The van der Waals surface area contributed by atoms with Gasteiger partial charge in [0.15, 0.2) is 0 Å². The summed E-state index contributed by atoms with van der Waals surface area (Å²) in [6, 6.07) is 6.13. The highest BCUT2D eigenvalue weighted by molar-refractivity contribution is 6.30. The molecule has 1 aromatic carbocycles. The third kappa shape index (κ3) is 3.98. The number of carbonyl (C=O) groups is 1. The van der Waals surface area contributed by atoms with Crippen LogP contribution in [-0.2, 0) is 19.1 Å². The number of alkyl halides is 3. The van der Waals surface area contributed by atoms with Gasteiger partial charge in [-0.2, -0.15) is 13.2 Å². The van der Waals surface area contributed by atoms with Gasteiger partial charge in [-0.25, -0.2) is 9.59 Å². The highest BCUT2D eigenvalue weighted by atomic mass is 35.5. The summed E-state index contributed by atoms with van der Waals surface area (Å²) >= 11 is 6.06. The largest absolute Gasteiger partial charge is 0.466 e. The molecule has 2 aliphatic rings. The summed E-state index contributed by atoms with van der Waals surface area (Å²) in [6.07, 6.45) is -4.49. The molecule has 8 heteroatoms. The van der Waals surface area contributed by atoms with Gasteiger partial charge < -0.3 is 9.47 Å². The molecule has 0 saturated carbocycles. The quantitative estimate of drug-likeness (QED) is 0.477. The van der Waals surface area contributed by atoms with Gasteiger partial charge in [0.2, 0.25) is 5.76 Å². The fraction of sp³-hybridized carbons (Fsp3) is 0.381. The van der Waals surface area contributed by atoms with Gasteiger partial charge in [0.25, 0.3) is 0 Å². The number of carbonyl (C=O) groups excluding carboxylic acids is 2. The van der Waals surface area contributed by atoms with Gasteiger partial charge >= 0.3 is 12.1 Å². The Kier molecular flexibility index (Phi) is 5.41. The summed E-state index contributed by atoms with van der Waals surface area (Å²) in [5, 5.41) is 0.279. The Morgan fingerprint density at radius 3 is 2.55 bits per heavy atom. The number of ether oxygens (including phenoxy) is 2. The first-order chi connectivity index (χ1) is 13.5. The van der Waals surface area contributed by atoms with E-state index in [0.717, 1.165) is 7.11 Å². The minimum Gasteiger partial charge on any atom is -0.466 e. The molecule has 1 aliphatic carbocycles. The summed E-state index contributed by atoms with van der Waals surface area (Å²) in [5.41, 5.74) is -0.514. The summed E-state index contributed by atoms with van der Waals surface area (Å²) in [4.78, 5) is 24.2. The van der Waals surface area contributed by atoms with Crippen molar-refractivity contribution >= 4 is 23.5 Å². The Hall–Kier alpha value is -2.50. The van der Waals surface area contributed by atoms with Gasteiger partial charge in [-0.1, -0.05) is 37.6 Å². The number of benzene rings is 1. The van der Waals surface area contributed by atoms with Gasteiger partial charge in [-0.3, -0.25) is 0 Å². The molecule has 0 saturated heterocycles. The number of hydrogen-bond acceptors (Lipinski definition) is 4. The van der Waals surface area contributed by atoms with Crippen LogP contribution in [0.3, 0.4) is 0 Å². The molecule has 1 unspecified atom stereocenters. The predicted molar refractivity (Wildman–Crippen MR) is 99.6 cm³/mol. The first-order valence-electron chi connectivity index (χ1n) is 8.79. The van der Waals surface area contributed by atoms with E-state index in [2.05, 4.69) is 4.74 Å². The Morgan fingerprint density at radius 1 is 1.31 bits per heavy atom. The van der Waals surface area contributed by atoms with E-state index in [9.17, 15) is 22.8 Å². The molecule has 0 N–H and O–H groups in total. The highest BCUT2D eigenvalue weighted by Gasteiger charge is 2.51. The van der Waals surface area contributed by atoms with E-state index in [-0.39, 0.29) is 34.8 Å². The van der Waals surface area contributed by atoms with Crippen molar-refractivity contribution in [2.45, 2.75) is 38.8 Å². The van der Waals surface area contributed by atoms with Crippen molar-refractivity contribution in [3.05, 3.63) is 63.1 Å². The maximum absolute atomic E-state index is 13.9. The molecule has 0 radical (unpaired) electrons. The summed E-state index contributed by atoms with van der Waals surface area (Å²) in [5.74, 6) is -1.99. The molecule has 0 amide bonds. The number of allylic oxidation sites excluding steroid dienone is 4. The lowest BCUT2D eigenvalue weighted by atomic mass is 9.68. The number of esters is 1. The molecule has 0 aromatic heterocycles. The maximum Gasteiger partial charge on any atom is 0.450 e. The second-order valence-corrected chi connectivity index (χ2v) is 8.19. The van der Waals surface area contributed by atoms with Crippen LogP contribution in [-0.4, -0.2) is 25.2 Å². The number of halogens is 4. The Bertz CT molecular complexity index is 982. The predicted octanol–water partition coefficient (Wildman–Crippen LogP) is 5.28. The Balaban J connectivity index is 2.37. The van der Waals surface area contributed by atoms with Crippen LogP contribution in [0.5, 0.6) is 0 Å². The van der Waals surface area contributed by atoms with Crippen molar-refractivity contribution in [3.63, 3.8) is 0 Å². The third-order valence-corrected chi connectivity index (χ3v) is 5.17. The Labute approximate surface area is 170 Å². The molecular weight excluding hydrogens is 409 g/mol. The van der Waals surface area contributed by atoms with Gasteiger partial charge in [-0.05, 0) is 29.5 Å². The van der Waals surface area contributed by atoms with Crippen molar-refractivity contribution in [2.75, 3.05) is 7.11 Å². The standard InChI is InChI=1S/C21H18ClF3O4/c1-20(2)8-12(10-26)15-14(9-20)29-18(21(23,24)25)17(19(27)28-3)16(15)11-5-4-6-13(22)7-11/h4-7,16H,8-9H2,1-3H3. The van der Waals surface area contributed by atoms with Gasteiger partial charge in [0, 0.05) is 28.5 Å². The van der Waals surface area contributed by atoms with Crippen molar-refractivity contribution in [3.8, 4) is 0 Å². The van der Waals surface area contributed by atoms with Crippen LogP contribution in [0.4, 0.5) is 13.2 Å². The van der Waals surface area contributed by atoms with Crippen LogP contribution in [0.25, 0.3) is 0 Å². The van der Waals surface area contributed by atoms with Crippen LogP contribution >= 0.6 is 11.6 Å². The molecule has 4 nitrogen and oxygen atoms in total. The van der Waals surface area contributed by atoms with Gasteiger partial charge in [-0.15, -0.1) is 0 Å². The lowest BCUT2D eigenvalue weighted by Crippen LogP contribution is -2.34. The topological polar surface area (TPSA) is 52.6 Å². The van der Waals surface area contributed by atoms with E-state index in [1.54, 1.807) is 18.2 Å². The third-order valence-electron chi connectivity index (χ3n) is 4.94. The Morgan fingerprint density at radius 2 is 2.00 bits per heavy atom. The van der Waals surface area contributed by atoms with Crippen molar-refractivity contribution in [1.82, 2.24) is 0 Å². The van der Waals surface area contributed by atoms with Crippen LogP contribution in [0.15, 0.2) is 52.5 Å². The zero-order valence-corrected chi connectivity index (χ0v) is 16.7. The van der Waals surface area contributed by atoms with Crippen LogP contribution in [0.1, 0.15) is 38.2 Å². The number of methoxy groups -OCH3 is 1. The molecule has 29 heavy (non-hydrogen) atoms. The maximum atomic E-state index is 13.9. The lowest BCUT2D eigenvalue weighted by Gasteiger charge is -2.40. The minimum atomic E-state index is -4.94. The molecular formula is C21H18ClF3O4. The molecule has 1 heterocycles. The monoisotopic (exact) mass is 426 g/mol. The van der Waals surface area contributed by atoms with E-state index in [4.69, 9.17) is 16.3 Å². The molecule has 1 aromatic rings. The summed E-state index contributed by atoms with van der Waals surface area (Å²) in [7, 11) is 0.989. The average molecular weight is 427 g/mol. The molecule has 1 aliphatic heterocycles. The summed E-state index contributed by atoms with van der Waals surface area (Å²) in [6.45, 7) is 3.64. The molecule has 1 atom stereocenters. The zero-order valence-electron chi connectivity index (χ0n) is 15.9. The van der Waals surface area contributed by atoms with Crippen molar-refractivity contribution < 1.29 is 32.2 Å². The number of hydrogen-bond donors (Lipinski definition) is 0. The summed E-state index contributed by atoms with van der Waals surface area (Å²) < 4.78 is 51.5. The lowest BCUT2D eigenvalue weighted by molar-refractivity contribution is -0.143. The van der Waals surface area contributed by atoms with Gasteiger partial charge in [0.1, 0.15) is 11.7 Å². The normalized spacial score (nSPS) is 21.3. The van der Waals surface area contributed by atoms with E-state index in [0.29, 0.717) is 5.56 Å². The molecule has 154 valence electrons. The van der Waals surface area contributed by atoms with E-state index in [1.165, 1.54) is 6.07 Å². The highest BCUT2D eigenvalue weighted by Crippen LogP contribution is 2.54. The van der Waals surface area contributed by atoms with E-state index in [1.807, 2.05) is 19.8 Å². The van der Waals surface area contributed by atoms with Crippen LogP contribution in [0, 0.1) is 5.41 Å². The smallest absolute Gasteiger partial charge is 0.450 e. The average Bonchev–Trinajstić information content (AvgIpc) is 2.63. The first kappa shape index (κ1) is 21.2. The van der Waals surface area contributed by atoms with Crippen LogP contribution in [0.2, 0.25) is 5.02 Å². The first-order valence-corrected chi connectivity index (χ1v) is 9.16. The molecule has 3 rings (SSSR count). The van der Waals surface area contributed by atoms with Crippen molar-refractivity contribution in [1.29, 1.82) is 0 Å². The molecule has 0 fully saturated rings. The second-order valence-electron chi connectivity index (χ2n) is 7.76. The van der Waals surface area contributed by atoms with Gasteiger partial charge in [0.05, 0.1) is 12.7 Å². The minimum absolute atomic E-state index is 0.00422. The number of rotatable bonds is 2. The van der Waals surface area contributed by atoms with Crippen molar-refractivity contribution in [2.24, 2.45) is 5.41 Å². The van der Waals surface area contributed by atoms with Crippen LogP contribution < -0.4 is 0 Å². The molecule has 0 spiro atoms. The molecule has 0 bridgehead atoms. The fourth-order valence-electron chi connectivity index (χ4n) is 3.86. The van der Waals surface area contributed by atoms with E-state index < -0.39 is 34.8 Å². The zero-order chi connectivity index (χ0) is 21.6. The second kappa shape index (κ2) is 7.39.